The maximum Gasteiger partial charge on any atom is 0.274 e. The summed E-state index contributed by atoms with van der Waals surface area (Å²) in [7, 11) is 1.58. The Kier molecular flexibility index (Phi) is 5.32. The molecular weight excluding hydrogens is 333 g/mol. The van der Waals surface area contributed by atoms with Crippen LogP contribution in [0.3, 0.4) is 0 Å². The highest BCUT2D eigenvalue weighted by atomic mass is 19.1. The van der Waals surface area contributed by atoms with E-state index in [2.05, 4.69) is 4.98 Å². The van der Waals surface area contributed by atoms with Gasteiger partial charge in [-0.05, 0) is 31.5 Å². The van der Waals surface area contributed by atoms with E-state index in [0.717, 1.165) is 11.2 Å². The number of carbonyl (C=O) groups excluding carboxylic acids is 1. The van der Waals surface area contributed by atoms with Crippen LogP contribution < -0.4 is 0 Å². The Bertz CT molecular complexity index is 922. The quantitative estimate of drug-likeness (QED) is 0.680. The van der Waals surface area contributed by atoms with Gasteiger partial charge in [-0.1, -0.05) is 24.3 Å². The number of ether oxygens (including phenoxy) is 1. The molecule has 0 fully saturated rings. The van der Waals surface area contributed by atoms with Gasteiger partial charge in [-0.25, -0.2) is 9.37 Å². The molecule has 3 aromatic rings. The summed E-state index contributed by atoms with van der Waals surface area (Å²) in [6.45, 7) is 4.33. The van der Waals surface area contributed by atoms with Crippen molar-refractivity contribution in [2.75, 3.05) is 13.7 Å². The molecule has 0 bridgehead atoms. The van der Waals surface area contributed by atoms with Crippen LogP contribution in [0.5, 0.6) is 0 Å². The lowest BCUT2D eigenvalue weighted by Crippen LogP contribution is -2.41. The second-order valence-corrected chi connectivity index (χ2v) is 6.38. The number of methoxy groups -OCH3 is 1. The predicted molar refractivity (Wildman–Crippen MR) is 97.5 cm³/mol. The molecule has 0 aliphatic carbocycles. The van der Waals surface area contributed by atoms with Crippen LogP contribution in [-0.4, -0.2) is 40.0 Å². The molecule has 1 atom stereocenters. The summed E-state index contributed by atoms with van der Waals surface area (Å²) in [5.41, 5.74) is 2.51. The first kappa shape index (κ1) is 18.1. The molecular formula is C20H22FN3O2. The second-order valence-electron chi connectivity index (χ2n) is 6.38. The Morgan fingerprint density at radius 2 is 2.08 bits per heavy atom. The lowest BCUT2D eigenvalue weighted by Gasteiger charge is -2.28. The van der Waals surface area contributed by atoms with E-state index in [1.807, 2.05) is 36.6 Å². The molecule has 3 rings (SSSR count). The zero-order valence-corrected chi connectivity index (χ0v) is 15.1. The van der Waals surface area contributed by atoms with E-state index in [1.165, 1.54) is 6.07 Å². The number of aryl methyl sites for hydroxylation is 1. The minimum absolute atomic E-state index is 0.156. The van der Waals surface area contributed by atoms with Crippen LogP contribution in [0.1, 0.15) is 28.5 Å². The molecule has 1 aromatic carbocycles. The Morgan fingerprint density at radius 1 is 1.31 bits per heavy atom. The number of fused-ring (bicyclic) bond motifs is 1. The number of halogens is 1. The van der Waals surface area contributed by atoms with Gasteiger partial charge in [-0.15, -0.1) is 0 Å². The normalized spacial score (nSPS) is 12.3. The van der Waals surface area contributed by atoms with Crippen LogP contribution in [0.15, 0.2) is 48.8 Å². The lowest BCUT2D eigenvalue weighted by atomic mass is 10.1. The molecule has 2 heterocycles. The summed E-state index contributed by atoms with van der Waals surface area (Å²) < 4.78 is 21.1. The van der Waals surface area contributed by atoms with Gasteiger partial charge in [0.15, 0.2) is 0 Å². The molecule has 0 spiro atoms. The first-order valence-electron chi connectivity index (χ1n) is 8.49. The van der Waals surface area contributed by atoms with Crippen molar-refractivity contribution in [3.63, 3.8) is 0 Å². The summed E-state index contributed by atoms with van der Waals surface area (Å²) in [5.74, 6) is -0.582. The van der Waals surface area contributed by atoms with Crippen molar-refractivity contribution in [2.45, 2.75) is 26.4 Å². The third kappa shape index (κ3) is 3.60. The number of aromatic nitrogens is 2. The smallest absolute Gasteiger partial charge is 0.274 e. The first-order valence-corrected chi connectivity index (χ1v) is 8.49. The fourth-order valence-corrected chi connectivity index (χ4v) is 2.97. The van der Waals surface area contributed by atoms with Crippen LogP contribution in [0, 0.1) is 12.7 Å². The molecule has 0 radical (unpaired) electrons. The summed E-state index contributed by atoms with van der Waals surface area (Å²) in [4.78, 5) is 19.2. The third-order valence-corrected chi connectivity index (χ3v) is 4.40. The number of rotatable bonds is 6. The van der Waals surface area contributed by atoms with Gasteiger partial charge in [0.05, 0.1) is 12.6 Å². The molecule has 5 nitrogen and oxygen atoms in total. The number of pyridine rings is 1. The van der Waals surface area contributed by atoms with Crippen LogP contribution >= 0.6 is 0 Å². The van der Waals surface area contributed by atoms with Crippen molar-refractivity contribution in [2.24, 2.45) is 0 Å². The van der Waals surface area contributed by atoms with E-state index in [1.54, 1.807) is 36.4 Å². The number of amides is 1. The largest absolute Gasteiger partial charge is 0.383 e. The summed E-state index contributed by atoms with van der Waals surface area (Å²) in [6, 6.07) is 10.1. The van der Waals surface area contributed by atoms with Crippen LogP contribution in [0.4, 0.5) is 4.39 Å². The number of hydrogen-bond donors (Lipinski definition) is 0. The van der Waals surface area contributed by atoms with Crippen molar-refractivity contribution in [1.29, 1.82) is 0 Å². The SMILES string of the molecule is COCC(C)N(Cc1ccccc1F)C(=O)c1cn2cccc(C)c2n1. The Labute approximate surface area is 152 Å². The van der Waals surface area contributed by atoms with Crippen LogP contribution in [0.2, 0.25) is 0 Å². The average Bonchev–Trinajstić information content (AvgIpc) is 3.06. The number of carbonyl (C=O) groups is 1. The molecule has 1 unspecified atom stereocenters. The molecule has 6 heteroatoms. The highest BCUT2D eigenvalue weighted by molar-refractivity contribution is 5.93. The molecule has 0 aliphatic rings. The summed E-state index contributed by atoms with van der Waals surface area (Å²) in [6.07, 6.45) is 3.56. The molecule has 136 valence electrons. The van der Waals surface area contributed by atoms with E-state index in [4.69, 9.17) is 4.74 Å². The van der Waals surface area contributed by atoms with Gasteiger partial charge >= 0.3 is 0 Å². The number of hydrogen-bond acceptors (Lipinski definition) is 3. The van der Waals surface area contributed by atoms with Crippen molar-refractivity contribution in [1.82, 2.24) is 14.3 Å². The van der Waals surface area contributed by atoms with Crippen molar-refractivity contribution in [3.05, 3.63) is 71.4 Å². The van der Waals surface area contributed by atoms with E-state index in [0.29, 0.717) is 17.9 Å². The van der Waals surface area contributed by atoms with Crippen molar-refractivity contribution in [3.8, 4) is 0 Å². The minimum Gasteiger partial charge on any atom is -0.383 e. The summed E-state index contributed by atoms with van der Waals surface area (Å²) in [5, 5.41) is 0. The molecule has 0 aliphatic heterocycles. The van der Waals surface area contributed by atoms with Crippen LogP contribution in [0.25, 0.3) is 5.65 Å². The Hall–Kier alpha value is -2.73. The van der Waals surface area contributed by atoms with Gasteiger partial charge in [0.2, 0.25) is 0 Å². The van der Waals surface area contributed by atoms with Gasteiger partial charge in [0.25, 0.3) is 5.91 Å². The molecule has 2 aromatic heterocycles. The predicted octanol–water partition coefficient (Wildman–Crippen LogP) is 3.46. The van der Waals surface area contributed by atoms with Crippen molar-refractivity contribution < 1.29 is 13.9 Å². The Morgan fingerprint density at radius 3 is 2.77 bits per heavy atom. The first-order chi connectivity index (χ1) is 12.5. The lowest BCUT2D eigenvalue weighted by molar-refractivity contribution is 0.0534. The molecule has 0 N–H and O–H groups in total. The highest BCUT2D eigenvalue weighted by Crippen LogP contribution is 2.17. The Balaban J connectivity index is 1.95. The highest BCUT2D eigenvalue weighted by Gasteiger charge is 2.25. The van der Waals surface area contributed by atoms with Gasteiger partial charge in [0, 0.05) is 31.6 Å². The molecule has 26 heavy (non-hydrogen) atoms. The monoisotopic (exact) mass is 355 g/mol. The number of benzene rings is 1. The fraction of sp³-hybridized carbons (Fsp3) is 0.300. The van der Waals surface area contributed by atoms with Crippen LogP contribution in [-0.2, 0) is 11.3 Å². The number of imidazole rings is 1. The second kappa shape index (κ2) is 7.66. The van der Waals surface area contributed by atoms with E-state index in [-0.39, 0.29) is 24.3 Å². The maximum atomic E-state index is 14.1. The topological polar surface area (TPSA) is 46.8 Å². The van der Waals surface area contributed by atoms with E-state index >= 15 is 0 Å². The van der Waals surface area contributed by atoms with Gasteiger partial charge in [-0.3, -0.25) is 4.79 Å². The standard InChI is InChI=1S/C20H22FN3O2/c1-14-7-6-10-23-12-18(22-19(14)23)20(25)24(15(2)13-26-3)11-16-8-4-5-9-17(16)21/h4-10,12,15H,11,13H2,1-3H3. The van der Waals surface area contributed by atoms with Gasteiger partial charge in [0.1, 0.15) is 17.2 Å². The minimum atomic E-state index is -0.333. The maximum absolute atomic E-state index is 14.1. The van der Waals surface area contributed by atoms with E-state index < -0.39 is 0 Å². The van der Waals surface area contributed by atoms with Gasteiger partial charge < -0.3 is 14.0 Å². The van der Waals surface area contributed by atoms with E-state index in [9.17, 15) is 9.18 Å². The van der Waals surface area contributed by atoms with Crippen molar-refractivity contribution >= 4 is 11.6 Å². The average molecular weight is 355 g/mol. The fourth-order valence-electron chi connectivity index (χ4n) is 2.97. The van der Waals surface area contributed by atoms with Gasteiger partial charge in [-0.2, -0.15) is 0 Å². The molecule has 0 saturated heterocycles. The zero-order chi connectivity index (χ0) is 18.7. The number of nitrogens with zero attached hydrogens (tertiary/aromatic N) is 3. The third-order valence-electron chi connectivity index (χ3n) is 4.40. The summed E-state index contributed by atoms with van der Waals surface area (Å²) >= 11 is 0. The molecule has 0 saturated carbocycles. The zero-order valence-electron chi connectivity index (χ0n) is 15.1. The molecule has 1 amide bonds.